The molecule has 2 aromatic carbocycles. The van der Waals surface area contributed by atoms with Gasteiger partial charge in [0.2, 0.25) is 0 Å². The first-order valence-electron chi connectivity index (χ1n) is 6.49. The highest BCUT2D eigenvalue weighted by atomic mass is 32.2. The highest BCUT2D eigenvalue weighted by Gasteiger charge is 2.21. The molecule has 0 N–H and O–H groups in total. The summed E-state index contributed by atoms with van der Waals surface area (Å²) in [7, 11) is -2.11. The number of hydrogen-bond acceptors (Lipinski definition) is 3. The summed E-state index contributed by atoms with van der Waals surface area (Å²) in [6.45, 7) is 3.39. The Balaban J connectivity index is 2.36. The molecule has 0 aliphatic rings. The minimum Gasteiger partial charge on any atom is -0.295 e. The van der Waals surface area contributed by atoms with E-state index in [1.807, 2.05) is 19.1 Å². The molecular weight excluding hydrogens is 286 g/mol. The van der Waals surface area contributed by atoms with Gasteiger partial charge in [0, 0.05) is 12.6 Å². The molecule has 0 aliphatic heterocycles. The fourth-order valence-corrected chi connectivity index (χ4v) is 3.11. The maximum Gasteiger partial charge on any atom is 0.264 e. The van der Waals surface area contributed by atoms with E-state index in [2.05, 4.69) is 0 Å². The minimum atomic E-state index is -3.63. The second kappa shape index (κ2) is 5.69. The number of sulfonamides is 1. The molecule has 0 saturated carbocycles. The molecular formula is C16H17NO3S. The lowest BCUT2D eigenvalue weighted by molar-refractivity contribution is 0.101. The maximum absolute atomic E-state index is 12.5. The molecule has 4 nitrogen and oxygen atoms in total. The van der Waals surface area contributed by atoms with Crippen LogP contribution in [0.25, 0.3) is 0 Å². The molecule has 0 spiro atoms. The van der Waals surface area contributed by atoms with Crippen LogP contribution >= 0.6 is 0 Å². The predicted octanol–water partition coefficient (Wildman–Crippen LogP) is 3.02. The van der Waals surface area contributed by atoms with Crippen LogP contribution in [0, 0.1) is 6.92 Å². The van der Waals surface area contributed by atoms with E-state index in [1.165, 1.54) is 42.5 Å². The molecule has 0 fully saturated rings. The second-order valence-electron chi connectivity index (χ2n) is 4.89. The normalized spacial score (nSPS) is 11.2. The summed E-state index contributed by atoms with van der Waals surface area (Å²) >= 11 is 0. The Labute approximate surface area is 125 Å². The van der Waals surface area contributed by atoms with E-state index < -0.39 is 10.0 Å². The number of Topliss-reactive ketones (excluding diaryl/α,β-unsaturated/α-hetero) is 1. The van der Waals surface area contributed by atoms with Gasteiger partial charge in [0.25, 0.3) is 10.0 Å². The summed E-state index contributed by atoms with van der Waals surface area (Å²) in [5.74, 6) is -0.0918. The Morgan fingerprint density at radius 3 is 1.95 bits per heavy atom. The fourth-order valence-electron chi connectivity index (χ4n) is 1.91. The molecule has 0 heterocycles. The zero-order chi connectivity index (χ0) is 15.6. The Morgan fingerprint density at radius 1 is 0.952 bits per heavy atom. The van der Waals surface area contributed by atoms with Crippen LogP contribution in [0.3, 0.4) is 0 Å². The number of carbonyl (C=O) groups excluding carboxylic acids is 1. The van der Waals surface area contributed by atoms with Crippen molar-refractivity contribution >= 4 is 21.5 Å². The lowest BCUT2D eigenvalue weighted by Gasteiger charge is -2.19. The Hall–Kier alpha value is -2.14. The standard InChI is InChI=1S/C16H17NO3S/c1-12-4-8-15(9-5-12)17(3)21(19,20)16-10-6-14(7-11-16)13(2)18/h4-11H,1-3H3. The number of anilines is 1. The number of rotatable bonds is 4. The van der Waals surface area contributed by atoms with Crippen molar-refractivity contribution in [3.63, 3.8) is 0 Å². The van der Waals surface area contributed by atoms with Crippen LogP contribution in [0.4, 0.5) is 5.69 Å². The molecule has 2 aromatic rings. The molecule has 0 aliphatic carbocycles. The van der Waals surface area contributed by atoms with Crippen molar-refractivity contribution in [2.75, 3.05) is 11.4 Å². The van der Waals surface area contributed by atoms with Crippen LogP contribution in [-0.2, 0) is 10.0 Å². The smallest absolute Gasteiger partial charge is 0.264 e. The first-order valence-corrected chi connectivity index (χ1v) is 7.93. The molecule has 0 bridgehead atoms. The van der Waals surface area contributed by atoms with Crippen molar-refractivity contribution in [1.82, 2.24) is 0 Å². The van der Waals surface area contributed by atoms with Crippen molar-refractivity contribution in [2.24, 2.45) is 0 Å². The van der Waals surface area contributed by atoms with E-state index in [0.717, 1.165) is 5.56 Å². The lowest BCUT2D eigenvalue weighted by atomic mass is 10.2. The first-order chi connectivity index (χ1) is 9.82. The first kappa shape index (κ1) is 15.3. The van der Waals surface area contributed by atoms with Gasteiger partial charge in [-0.1, -0.05) is 29.8 Å². The van der Waals surface area contributed by atoms with Gasteiger partial charge in [-0.05, 0) is 38.1 Å². The summed E-state index contributed by atoms with van der Waals surface area (Å²) in [6.07, 6.45) is 0. The maximum atomic E-state index is 12.5. The number of benzene rings is 2. The SMILES string of the molecule is CC(=O)c1ccc(S(=O)(=O)N(C)c2ccc(C)cc2)cc1. The summed E-state index contributed by atoms with van der Waals surface area (Å²) in [6, 6.07) is 13.2. The van der Waals surface area contributed by atoms with Gasteiger partial charge in [-0.2, -0.15) is 0 Å². The van der Waals surface area contributed by atoms with Gasteiger partial charge in [-0.25, -0.2) is 8.42 Å². The molecule has 0 radical (unpaired) electrons. The quantitative estimate of drug-likeness (QED) is 0.816. The molecule has 21 heavy (non-hydrogen) atoms. The van der Waals surface area contributed by atoms with Crippen LogP contribution in [-0.4, -0.2) is 21.2 Å². The number of hydrogen-bond donors (Lipinski definition) is 0. The van der Waals surface area contributed by atoms with Gasteiger partial charge in [0.05, 0.1) is 10.6 Å². The van der Waals surface area contributed by atoms with Crippen molar-refractivity contribution in [2.45, 2.75) is 18.7 Å². The second-order valence-corrected chi connectivity index (χ2v) is 6.86. The van der Waals surface area contributed by atoms with E-state index in [0.29, 0.717) is 11.3 Å². The van der Waals surface area contributed by atoms with Gasteiger partial charge < -0.3 is 0 Å². The Bertz CT molecular complexity index is 747. The average molecular weight is 303 g/mol. The van der Waals surface area contributed by atoms with Crippen LogP contribution in [0.5, 0.6) is 0 Å². The van der Waals surface area contributed by atoms with Gasteiger partial charge in [0.1, 0.15) is 0 Å². The van der Waals surface area contributed by atoms with Gasteiger partial charge in [-0.3, -0.25) is 9.10 Å². The van der Waals surface area contributed by atoms with Gasteiger partial charge >= 0.3 is 0 Å². The molecule has 0 amide bonds. The van der Waals surface area contributed by atoms with Crippen LogP contribution < -0.4 is 4.31 Å². The van der Waals surface area contributed by atoms with Gasteiger partial charge in [0.15, 0.2) is 5.78 Å². The Kier molecular flexibility index (Phi) is 4.14. The van der Waals surface area contributed by atoms with E-state index in [4.69, 9.17) is 0 Å². The largest absolute Gasteiger partial charge is 0.295 e. The summed E-state index contributed by atoms with van der Waals surface area (Å²) in [4.78, 5) is 11.4. The number of carbonyl (C=O) groups is 1. The molecule has 5 heteroatoms. The van der Waals surface area contributed by atoms with E-state index in [1.54, 1.807) is 12.1 Å². The molecule has 0 saturated heterocycles. The summed E-state index contributed by atoms with van der Waals surface area (Å²) < 4.78 is 26.3. The van der Waals surface area contributed by atoms with E-state index in [9.17, 15) is 13.2 Å². The van der Waals surface area contributed by atoms with Gasteiger partial charge in [-0.15, -0.1) is 0 Å². The molecule has 110 valence electrons. The number of nitrogens with zero attached hydrogens (tertiary/aromatic N) is 1. The van der Waals surface area contributed by atoms with Crippen molar-refractivity contribution in [3.8, 4) is 0 Å². The minimum absolute atomic E-state index is 0.0918. The third-order valence-electron chi connectivity index (χ3n) is 3.32. The Morgan fingerprint density at radius 2 is 1.48 bits per heavy atom. The summed E-state index contributed by atoms with van der Waals surface area (Å²) in [5, 5.41) is 0. The summed E-state index contributed by atoms with van der Waals surface area (Å²) in [5.41, 5.74) is 2.15. The zero-order valence-electron chi connectivity index (χ0n) is 12.2. The van der Waals surface area contributed by atoms with Crippen LogP contribution in [0.2, 0.25) is 0 Å². The molecule has 0 unspecified atom stereocenters. The highest BCUT2D eigenvalue weighted by molar-refractivity contribution is 7.92. The molecule has 0 aromatic heterocycles. The van der Waals surface area contributed by atoms with Crippen molar-refractivity contribution in [1.29, 1.82) is 0 Å². The van der Waals surface area contributed by atoms with E-state index >= 15 is 0 Å². The third kappa shape index (κ3) is 3.13. The topological polar surface area (TPSA) is 54.5 Å². The van der Waals surface area contributed by atoms with E-state index in [-0.39, 0.29) is 10.7 Å². The average Bonchev–Trinajstić information content (AvgIpc) is 2.47. The monoisotopic (exact) mass is 303 g/mol. The zero-order valence-corrected chi connectivity index (χ0v) is 13.0. The molecule has 2 rings (SSSR count). The predicted molar refractivity (Wildman–Crippen MR) is 83.2 cm³/mol. The lowest BCUT2D eigenvalue weighted by Crippen LogP contribution is -2.26. The van der Waals surface area contributed by atoms with Crippen LogP contribution in [0.15, 0.2) is 53.4 Å². The number of ketones is 1. The van der Waals surface area contributed by atoms with Crippen molar-refractivity contribution < 1.29 is 13.2 Å². The van der Waals surface area contributed by atoms with Crippen molar-refractivity contribution in [3.05, 3.63) is 59.7 Å². The molecule has 0 atom stereocenters. The van der Waals surface area contributed by atoms with Crippen LogP contribution in [0.1, 0.15) is 22.8 Å². The number of aryl methyl sites for hydroxylation is 1. The fraction of sp³-hybridized carbons (Fsp3) is 0.188. The highest BCUT2D eigenvalue weighted by Crippen LogP contribution is 2.22. The third-order valence-corrected chi connectivity index (χ3v) is 5.12.